The van der Waals surface area contributed by atoms with Gasteiger partial charge < -0.3 is 9.88 Å². The van der Waals surface area contributed by atoms with Gasteiger partial charge in [-0.3, -0.25) is 14.5 Å². The largest absolute Gasteiger partial charge is 0.332 e. The summed E-state index contributed by atoms with van der Waals surface area (Å²) in [4.78, 5) is 27.0. The average Bonchev–Trinajstić information content (AvgIpc) is 2.66. The molecule has 1 aromatic carbocycles. The highest BCUT2D eigenvalue weighted by molar-refractivity contribution is 6.68. The van der Waals surface area contributed by atoms with Crippen LogP contribution in [-0.2, 0) is 6.54 Å². The number of amides is 1. The zero-order valence-corrected chi connectivity index (χ0v) is 18.3. The molecule has 1 fully saturated rings. The van der Waals surface area contributed by atoms with Crippen molar-refractivity contribution in [2.75, 3.05) is 13.1 Å². The number of fused-ring (bicyclic) bond motifs is 4. The number of nitrogens with one attached hydrogen (secondary N) is 1. The van der Waals surface area contributed by atoms with E-state index >= 15 is 0 Å². The first-order valence-corrected chi connectivity index (χ1v) is 10.8. The molecule has 0 radical (unpaired) electrons. The van der Waals surface area contributed by atoms with Crippen LogP contribution >= 0.6 is 46.4 Å². The van der Waals surface area contributed by atoms with Gasteiger partial charge in [0.25, 0.3) is 11.5 Å². The highest BCUT2D eigenvalue weighted by atomic mass is 35.6. The van der Waals surface area contributed by atoms with Gasteiger partial charge in [0, 0.05) is 47.9 Å². The second kappa shape index (κ2) is 8.12. The SMILES string of the molecule is O=C(N[C@H](N1C[C@@H]2C[C@H](C1)c1cccc(=O)n1C2)C(Cl)(Cl)Cl)c1cccc(Cl)c1. The lowest BCUT2D eigenvalue weighted by Gasteiger charge is -2.47. The Morgan fingerprint density at radius 1 is 1.10 bits per heavy atom. The minimum Gasteiger partial charge on any atom is -0.332 e. The van der Waals surface area contributed by atoms with Crippen LogP contribution in [0.4, 0.5) is 0 Å². The Bertz CT molecular complexity index is 988. The second-order valence-corrected chi connectivity index (χ2v) is 10.4. The number of aromatic nitrogens is 1. The first-order chi connectivity index (χ1) is 13.7. The van der Waals surface area contributed by atoms with Crippen LogP contribution in [0.2, 0.25) is 5.02 Å². The smallest absolute Gasteiger partial charge is 0.252 e. The van der Waals surface area contributed by atoms with E-state index in [0.717, 1.165) is 12.1 Å². The number of likely N-dealkylation sites (tertiary alicyclic amines) is 1. The quantitative estimate of drug-likeness (QED) is 0.682. The van der Waals surface area contributed by atoms with Gasteiger partial charge in [0.1, 0.15) is 6.17 Å². The number of benzene rings is 1. The summed E-state index contributed by atoms with van der Waals surface area (Å²) < 4.78 is 0.112. The molecular weight excluding hydrogens is 456 g/mol. The van der Waals surface area contributed by atoms with Crippen molar-refractivity contribution in [3.63, 3.8) is 0 Å². The van der Waals surface area contributed by atoms with Crippen molar-refractivity contribution in [1.82, 2.24) is 14.8 Å². The van der Waals surface area contributed by atoms with Crippen molar-refractivity contribution in [1.29, 1.82) is 0 Å². The molecular formula is C20H19Cl4N3O2. The van der Waals surface area contributed by atoms with Crippen molar-refractivity contribution >= 4 is 52.3 Å². The molecule has 4 rings (SSSR count). The fourth-order valence-corrected chi connectivity index (χ4v) is 5.13. The second-order valence-electron chi connectivity index (χ2n) is 7.58. The van der Waals surface area contributed by atoms with Gasteiger partial charge in [0.05, 0.1) is 0 Å². The molecule has 9 heteroatoms. The van der Waals surface area contributed by atoms with E-state index in [4.69, 9.17) is 46.4 Å². The highest BCUT2D eigenvalue weighted by Crippen LogP contribution is 2.40. The van der Waals surface area contributed by atoms with Crippen LogP contribution in [0.1, 0.15) is 28.4 Å². The molecule has 29 heavy (non-hydrogen) atoms. The summed E-state index contributed by atoms with van der Waals surface area (Å²) >= 11 is 24.8. The third kappa shape index (κ3) is 4.44. The number of pyridine rings is 1. The van der Waals surface area contributed by atoms with Gasteiger partial charge >= 0.3 is 0 Å². The Hall–Kier alpha value is -1.24. The van der Waals surface area contributed by atoms with E-state index in [2.05, 4.69) is 5.32 Å². The molecule has 2 aliphatic rings. The third-order valence-electron chi connectivity index (χ3n) is 5.54. The molecule has 0 saturated carbocycles. The predicted octanol–water partition coefficient (Wildman–Crippen LogP) is 4.05. The van der Waals surface area contributed by atoms with Crippen LogP contribution in [0.15, 0.2) is 47.3 Å². The van der Waals surface area contributed by atoms with E-state index < -0.39 is 9.96 Å². The van der Waals surface area contributed by atoms with Gasteiger partial charge in [-0.25, -0.2) is 0 Å². The van der Waals surface area contributed by atoms with E-state index in [0.29, 0.717) is 30.2 Å². The highest BCUT2D eigenvalue weighted by Gasteiger charge is 2.44. The summed E-state index contributed by atoms with van der Waals surface area (Å²) in [5, 5.41) is 3.31. The van der Waals surface area contributed by atoms with Crippen molar-refractivity contribution in [3.8, 4) is 0 Å². The van der Waals surface area contributed by atoms with Crippen LogP contribution < -0.4 is 10.9 Å². The number of alkyl halides is 3. The number of hydrogen-bond donors (Lipinski definition) is 1. The molecule has 1 aromatic heterocycles. The number of carbonyl (C=O) groups excluding carboxylic acids is 1. The van der Waals surface area contributed by atoms with E-state index in [1.807, 2.05) is 15.5 Å². The average molecular weight is 475 g/mol. The molecule has 3 heterocycles. The van der Waals surface area contributed by atoms with Crippen molar-refractivity contribution in [2.24, 2.45) is 5.92 Å². The van der Waals surface area contributed by atoms with Crippen LogP contribution in [0.3, 0.4) is 0 Å². The van der Waals surface area contributed by atoms with Crippen LogP contribution in [-0.4, -0.2) is 38.4 Å². The fourth-order valence-electron chi connectivity index (χ4n) is 4.36. The van der Waals surface area contributed by atoms with Gasteiger partial charge in [0.2, 0.25) is 3.79 Å². The summed E-state index contributed by atoms with van der Waals surface area (Å²) in [7, 11) is 0. The summed E-state index contributed by atoms with van der Waals surface area (Å²) in [5.74, 6) is 0.00442. The normalized spacial score (nSPS) is 22.6. The standard InChI is InChI=1S/C20H19Cl4N3O2/c21-15-4-1-3-13(8-15)18(29)25-19(20(22,23)24)26-9-12-7-14(11-26)16-5-2-6-17(28)27(16)10-12/h1-6,8,12,14,19H,7,9-11H2,(H,25,29)/t12-,14+,19+/m0/s1. The Kier molecular flexibility index (Phi) is 5.88. The number of rotatable bonds is 3. The number of nitrogens with zero attached hydrogens (tertiary/aromatic N) is 2. The van der Waals surface area contributed by atoms with Crippen molar-refractivity contribution in [3.05, 3.63) is 69.1 Å². The Balaban J connectivity index is 1.59. The van der Waals surface area contributed by atoms with Crippen LogP contribution in [0.25, 0.3) is 0 Å². The van der Waals surface area contributed by atoms with Gasteiger partial charge in [-0.15, -0.1) is 0 Å². The molecule has 5 nitrogen and oxygen atoms in total. The predicted molar refractivity (Wildman–Crippen MR) is 116 cm³/mol. The van der Waals surface area contributed by atoms with Gasteiger partial charge in [-0.05, 0) is 36.6 Å². The first kappa shape index (κ1) is 21.0. The van der Waals surface area contributed by atoms with Gasteiger partial charge in [-0.1, -0.05) is 58.5 Å². The third-order valence-corrected chi connectivity index (χ3v) is 6.39. The van der Waals surface area contributed by atoms with E-state index in [-0.39, 0.29) is 23.3 Å². The molecule has 154 valence electrons. The fraction of sp³-hybridized carbons (Fsp3) is 0.400. The zero-order chi connectivity index (χ0) is 20.8. The maximum absolute atomic E-state index is 12.8. The summed E-state index contributed by atoms with van der Waals surface area (Å²) in [6.07, 6.45) is 0.153. The molecule has 0 unspecified atom stereocenters. The lowest BCUT2D eigenvalue weighted by atomic mass is 9.83. The molecule has 1 amide bonds. The van der Waals surface area contributed by atoms with Crippen LogP contribution in [0, 0.1) is 5.92 Å². The topological polar surface area (TPSA) is 54.3 Å². The summed E-state index contributed by atoms with van der Waals surface area (Å²) in [5.41, 5.74) is 1.39. The molecule has 2 bridgehead atoms. The zero-order valence-electron chi connectivity index (χ0n) is 15.3. The molecule has 2 aliphatic heterocycles. The molecule has 1 N–H and O–H groups in total. The summed E-state index contributed by atoms with van der Waals surface area (Å²) in [6.45, 7) is 1.82. The molecule has 0 spiro atoms. The van der Waals surface area contributed by atoms with Crippen LogP contribution in [0.5, 0.6) is 0 Å². The maximum Gasteiger partial charge on any atom is 0.252 e. The minimum atomic E-state index is -1.73. The minimum absolute atomic E-state index is 0.0119. The molecule has 3 atom stereocenters. The van der Waals surface area contributed by atoms with Crippen molar-refractivity contribution < 1.29 is 4.79 Å². The lowest BCUT2D eigenvalue weighted by Crippen LogP contribution is -2.60. The Morgan fingerprint density at radius 3 is 2.59 bits per heavy atom. The van der Waals surface area contributed by atoms with E-state index in [9.17, 15) is 9.59 Å². The summed E-state index contributed by atoms with van der Waals surface area (Å²) in [6, 6.07) is 11.9. The Morgan fingerprint density at radius 2 is 1.86 bits per heavy atom. The van der Waals surface area contributed by atoms with E-state index in [1.165, 1.54) is 0 Å². The number of hydrogen-bond acceptors (Lipinski definition) is 3. The number of carbonyl (C=O) groups is 1. The first-order valence-electron chi connectivity index (χ1n) is 9.29. The van der Waals surface area contributed by atoms with Gasteiger partial charge in [0.15, 0.2) is 0 Å². The number of piperidine rings is 1. The van der Waals surface area contributed by atoms with Crippen molar-refractivity contribution in [2.45, 2.75) is 28.8 Å². The molecule has 1 saturated heterocycles. The van der Waals surface area contributed by atoms with E-state index in [1.54, 1.807) is 36.4 Å². The number of halogens is 4. The lowest BCUT2D eigenvalue weighted by molar-refractivity contribution is 0.0586. The van der Waals surface area contributed by atoms with Gasteiger partial charge in [-0.2, -0.15) is 0 Å². The molecule has 2 aromatic rings. The maximum atomic E-state index is 12.8. The molecule has 0 aliphatic carbocycles. The Labute approximate surface area is 188 Å². The monoisotopic (exact) mass is 473 g/mol.